The highest BCUT2D eigenvalue weighted by Crippen LogP contribution is 2.10. The van der Waals surface area contributed by atoms with Crippen LogP contribution in [0.15, 0.2) is 0 Å². The van der Waals surface area contributed by atoms with Gasteiger partial charge in [-0.25, -0.2) is 0 Å². The van der Waals surface area contributed by atoms with E-state index in [1.54, 1.807) is 27.7 Å². The summed E-state index contributed by atoms with van der Waals surface area (Å²) in [5.41, 5.74) is -1.12. The van der Waals surface area contributed by atoms with Crippen LogP contribution < -0.4 is 16.0 Å². The van der Waals surface area contributed by atoms with Crippen molar-refractivity contribution in [1.82, 2.24) is 16.0 Å². The van der Waals surface area contributed by atoms with Crippen molar-refractivity contribution in [1.29, 1.82) is 0 Å². The predicted molar refractivity (Wildman–Crippen MR) is 110 cm³/mol. The zero-order valence-corrected chi connectivity index (χ0v) is 19.0. The van der Waals surface area contributed by atoms with E-state index in [4.69, 9.17) is 14.2 Å². The third-order valence-corrected chi connectivity index (χ3v) is 3.23. The van der Waals surface area contributed by atoms with Gasteiger partial charge in [0, 0.05) is 26.2 Å². The molecule has 0 saturated heterocycles. The van der Waals surface area contributed by atoms with Crippen LogP contribution in [0.25, 0.3) is 0 Å². The Morgan fingerprint density at radius 2 is 1.34 bits per heavy atom. The van der Waals surface area contributed by atoms with Gasteiger partial charge in [0.15, 0.2) is 0 Å². The van der Waals surface area contributed by atoms with Gasteiger partial charge >= 0.3 is 17.9 Å². The van der Waals surface area contributed by atoms with Crippen molar-refractivity contribution < 1.29 is 28.6 Å². The van der Waals surface area contributed by atoms with Crippen LogP contribution >= 0.6 is 0 Å². The minimum absolute atomic E-state index is 0.0831. The van der Waals surface area contributed by atoms with Gasteiger partial charge in [-0.2, -0.15) is 0 Å². The molecule has 170 valence electrons. The van der Waals surface area contributed by atoms with E-state index in [9.17, 15) is 14.4 Å². The number of rotatable bonds is 13. The largest absolute Gasteiger partial charge is 0.466 e. The first-order valence-corrected chi connectivity index (χ1v) is 10.1. The minimum Gasteiger partial charge on any atom is -0.466 e. The molecule has 0 amide bonds. The molecule has 29 heavy (non-hydrogen) atoms. The molecule has 0 bridgehead atoms. The fourth-order valence-electron chi connectivity index (χ4n) is 2.20. The quantitative estimate of drug-likeness (QED) is 0.227. The maximum Gasteiger partial charge on any atom is 0.324 e. The summed E-state index contributed by atoms with van der Waals surface area (Å²) in [6.45, 7) is 15.2. The molecule has 0 aliphatic rings. The molecule has 0 aromatic carbocycles. The number of hydrogen-bond donors (Lipinski definition) is 3. The number of carbonyl (C=O) groups is 3. The van der Waals surface area contributed by atoms with E-state index in [1.807, 2.05) is 20.8 Å². The van der Waals surface area contributed by atoms with E-state index in [1.165, 1.54) is 0 Å². The van der Waals surface area contributed by atoms with Crippen LogP contribution in [-0.4, -0.2) is 74.5 Å². The maximum absolute atomic E-state index is 12.3. The Balaban J connectivity index is 4.13. The van der Waals surface area contributed by atoms with Crippen LogP contribution in [0, 0.1) is 0 Å². The molecule has 0 aromatic rings. The van der Waals surface area contributed by atoms with Gasteiger partial charge in [0.2, 0.25) is 0 Å². The van der Waals surface area contributed by atoms with Gasteiger partial charge in [-0.15, -0.1) is 0 Å². The fraction of sp³-hybridized carbons (Fsp3) is 0.850. The molecule has 0 aliphatic carbocycles. The molecule has 0 aromatic heterocycles. The van der Waals surface area contributed by atoms with Crippen molar-refractivity contribution in [3.05, 3.63) is 0 Å². The molecule has 0 heterocycles. The summed E-state index contributed by atoms with van der Waals surface area (Å²) in [6, 6.07) is -0.764. The summed E-state index contributed by atoms with van der Waals surface area (Å²) in [7, 11) is 0. The zero-order chi connectivity index (χ0) is 22.5. The number of esters is 3. The smallest absolute Gasteiger partial charge is 0.324 e. The Labute approximate surface area is 174 Å². The third-order valence-electron chi connectivity index (χ3n) is 3.23. The van der Waals surface area contributed by atoms with Crippen LogP contribution in [-0.2, 0) is 28.6 Å². The van der Waals surface area contributed by atoms with E-state index < -0.39 is 29.2 Å². The molecular formula is C20H39N3O6. The third kappa shape index (κ3) is 16.9. The lowest BCUT2D eigenvalue weighted by Gasteiger charge is -2.24. The van der Waals surface area contributed by atoms with Crippen molar-refractivity contribution >= 4 is 17.9 Å². The summed E-state index contributed by atoms with van der Waals surface area (Å²) in [4.78, 5) is 35.6. The molecule has 9 heteroatoms. The second-order valence-electron chi connectivity index (χ2n) is 8.56. The van der Waals surface area contributed by atoms with Gasteiger partial charge in [-0.05, 0) is 48.5 Å². The topological polar surface area (TPSA) is 115 Å². The lowest BCUT2D eigenvalue weighted by molar-refractivity contribution is -0.161. The molecule has 1 atom stereocenters. The molecule has 0 fully saturated rings. The van der Waals surface area contributed by atoms with Gasteiger partial charge in [-0.1, -0.05) is 0 Å². The van der Waals surface area contributed by atoms with Crippen LogP contribution in [0.1, 0.15) is 54.9 Å². The van der Waals surface area contributed by atoms with Gasteiger partial charge < -0.3 is 30.2 Å². The monoisotopic (exact) mass is 417 g/mol. The molecule has 0 rings (SSSR count). The zero-order valence-electron chi connectivity index (χ0n) is 19.0. The summed E-state index contributed by atoms with van der Waals surface area (Å²) >= 11 is 0. The highest BCUT2D eigenvalue weighted by Gasteiger charge is 2.27. The molecule has 3 N–H and O–H groups in total. The van der Waals surface area contributed by atoms with Gasteiger partial charge in [0.25, 0.3) is 0 Å². The normalized spacial score (nSPS) is 12.9. The lowest BCUT2D eigenvalue weighted by Crippen LogP contribution is -2.45. The molecular weight excluding hydrogens is 378 g/mol. The standard InChI is InChI=1S/C20H39N3O6/c1-8-27-16(24)13-15(18(26)29-20(5,6)7)23-12-11-21-9-10-22-14-17(25)28-19(2,3)4/h15,21-23H,8-14H2,1-7H3. The minimum atomic E-state index is -0.764. The van der Waals surface area contributed by atoms with E-state index >= 15 is 0 Å². The van der Waals surface area contributed by atoms with E-state index in [2.05, 4.69) is 16.0 Å². The second-order valence-corrected chi connectivity index (χ2v) is 8.56. The molecule has 1 unspecified atom stereocenters. The Morgan fingerprint density at radius 3 is 1.90 bits per heavy atom. The van der Waals surface area contributed by atoms with Crippen LogP contribution in [0.5, 0.6) is 0 Å². The Morgan fingerprint density at radius 1 is 0.793 bits per heavy atom. The first kappa shape index (κ1) is 27.3. The van der Waals surface area contributed by atoms with Crippen molar-refractivity contribution in [3.8, 4) is 0 Å². The summed E-state index contributed by atoms with van der Waals surface area (Å²) < 4.78 is 15.5. The molecule has 0 spiro atoms. The first-order valence-electron chi connectivity index (χ1n) is 10.1. The average molecular weight is 418 g/mol. The second kappa shape index (κ2) is 13.5. The predicted octanol–water partition coefficient (Wildman–Crippen LogP) is 0.760. The highest BCUT2D eigenvalue weighted by atomic mass is 16.6. The number of ether oxygens (including phenoxy) is 3. The Bertz CT molecular complexity index is 511. The van der Waals surface area contributed by atoms with Crippen LogP contribution in [0.3, 0.4) is 0 Å². The maximum atomic E-state index is 12.3. The summed E-state index contributed by atoms with van der Waals surface area (Å²) in [5.74, 6) is -1.22. The molecule has 0 radical (unpaired) electrons. The number of carbonyl (C=O) groups excluding carboxylic acids is 3. The Kier molecular flexibility index (Phi) is 12.7. The van der Waals surface area contributed by atoms with Gasteiger partial charge in [-0.3, -0.25) is 14.4 Å². The Hall–Kier alpha value is -1.71. The van der Waals surface area contributed by atoms with Crippen molar-refractivity contribution in [2.24, 2.45) is 0 Å². The van der Waals surface area contributed by atoms with Crippen molar-refractivity contribution in [2.45, 2.75) is 72.1 Å². The summed E-state index contributed by atoms with van der Waals surface area (Å²) in [5, 5.41) is 9.22. The van der Waals surface area contributed by atoms with E-state index in [-0.39, 0.29) is 25.5 Å². The number of hydrogen-bond acceptors (Lipinski definition) is 9. The van der Waals surface area contributed by atoms with Crippen molar-refractivity contribution in [2.75, 3.05) is 39.3 Å². The average Bonchev–Trinajstić information content (AvgIpc) is 2.53. The first-order chi connectivity index (χ1) is 13.3. The van der Waals surface area contributed by atoms with Gasteiger partial charge in [0.05, 0.1) is 19.6 Å². The van der Waals surface area contributed by atoms with Crippen molar-refractivity contribution in [3.63, 3.8) is 0 Å². The molecule has 0 aliphatic heterocycles. The molecule has 0 saturated carbocycles. The summed E-state index contributed by atoms with van der Waals surface area (Å²) in [6.07, 6.45) is -0.0831. The van der Waals surface area contributed by atoms with Crippen LogP contribution in [0.4, 0.5) is 0 Å². The van der Waals surface area contributed by atoms with Crippen LogP contribution in [0.2, 0.25) is 0 Å². The highest BCUT2D eigenvalue weighted by molar-refractivity contribution is 5.83. The van der Waals surface area contributed by atoms with E-state index in [0.717, 1.165) is 0 Å². The van der Waals surface area contributed by atoms with Gasteiger partial charge in [0.1, 0.15) is 17.2 Å². The van der Waals surface area contributed by atoms with E-state index in [0.29, 0.717) is 26.2 Å². The fourth-order valence-corrected chi connectivity index (χ4v) is 2.20. The number of nitrogens with one attached hydrogen (secondary N) is 3. The SMILES string of the molecule is CCOC(=O)CC(NCCNCCNCC(=O)OC(C)(C)C)C(=O)OC(C)(C)C. The lowest BCUT2D eigenvalue weighted by atomic mass is 10.1. The molecule has 9 nitrogen and oxygen atoms in total.